The van der Waals surface area contributed by atoms with Crippen molar-refractivity contribution in [3.05, 3.63) is 0 Å². The number of aliphatic hydroxyl groups is 1. The molecular formula is C8H10N2O6. The average molecular weight is 230 g/mol. The van der Waals surface area contributed by atoms with Gasteiger partial charge in [-0.2, -0.15) is 0 Å². The normalized spacial score (nSPS) is 20.3. The van der Waals surface area contributed by atoms with E-state index in [-0.39, 0.29) is 0 Å². The van der Waals surface area contributed by atoms with Crippen LogP contribution in [0.1, 0.15) is 6.92 Å². The number of amides is 4. The van der Waals surface area contributed by atoms with Crippen LogP contribution in [0.2, 0.25) is 0 Å². The molecule has 0 aromatic carbocycles. The highest BCUT2D eigenvalue weighted by Gasteiger charge is 2.46. The van der Waals surface area contributed by atoms with Crippen molar-refractivity contribution >= 4 is 23.8 Å². The van der Waals surface area contributed by atoms with Gasteiger partial charge in [0.1, 0.15) is 0 Å². The number of hydrogen-bond acceptors (Lipinski definition) is 5. The Bertz CT molecular complexity index is 388. The first kappa shape index (κ1) is 12.1. The van der Waals surface area contributed by atoms with Crippen LogP contribution in [-0.2, 0) is 14.4 Å². The second-order valence-electron chi connectivity index (χ2n) is 3.62. The van der Waals surface area contributed by atoms with E-state index in [9.17, 15) is 24.3 Å². The molecule has 0 aromatic heterocycles. The Morgan fingerprint density at radius 1 is 1.31 bits per heavy atom. The van der Waals surface area contributed by atoms with Crippen LogP contribution in [0.5, 0.6) is 0 Å². The number of urea groups is 1. The third kappa shape index (κ3) is 1.74. The Hall–Kier alpha value is -1.96. The van der Waals surface area contributed by atoms with Crippen LogP contribution in [0.3, 0.4) is 0 Å². The summed E-state index contributed by atoms with van der Waals surface area (Å²) in [5, 5.41) is 18.0. The van der Waals surface area contributed by atoms with Crippen LogP contribution >= 0.6 is 0 Å². The zero-order valence-electron chi connectivity index (χ0n) is 8.63. The summed E-state index contributed by atoms with van der Waals surface area (Å²) in [6.45, 7) is 0.161. The minimum absolute atomic E-state index is 0.399. The highest BCUT2D eigenvalue weighted by atomic mass is 16.4. The monoisotopic (exact) mass is 230 g/mol. The molecule has 8 nitrogen and oxygen atoms in total. The van der Waals surface area contributed by atoms with Crippen molar-refractivity contribution in [2.45, 2.75) is 12.5 Å². The SMILES string of the molecule is CN1C(=O)C(=O)N(CC(C)(O)C(=O)O)C1=O. The van der Waals surface area contributed by atoms with E-state index in [1.165, 1.54) is 0 Å². The van der Waals surface area contributed by atoms with E-state index in [1.54, 1.807) is 0 Å². The van der Waals surface area contributed by atoms with Gasteiger partial charge in [0.15, 0.2) is 5.60 Å². The van der Waals surface area contributed by atoms with Crippen LogP contribution in [0.15, 0.2) is 0 Å². The van der Waals surface area contributed by atoms with Gasteiger partial charge in [-0.15, -0.1) is 0 Å². The van der Waals surface area contributed by atoms with Crippen molar-refractivity contribution in [1.82, 2.24) is 9.80 Å². The van der Waals surface area contributed by atoms with Crippen LogP contribution in [0, 0.1) is 0 Å². The number of β-amino-alcohol motifs (C(OH)–C–C–N with tert-alkyl or cyclic N) is 1. The van der Waals surface area contributed by atoms with Gasteiger partial charge in [0, 0.05) is 7.05 Å². The van der Waals surface area contributed by atoms with E-state index >= 15 is 0 Å². The van der Waals surface area contributed by atoms with Crippen molar-refractivity contribution < 1.29 is 29.4 Å². The predicted octanol–water partition coefficient (Wildman–Crippen LogP) is -1.76. The average Bonchev–Trinajstić information content (AvgIpc) is 2.35. The minimum atomic E-state index is -2.28. The molecule has 0 aromatic rings. The van der Waals surface area contributed by atoms with Gasteiger partial charge in [-0.1, -0.05) is 0 Å². The summed E-state index contributed by atoms with van der Waals surface area (Å²) in [7, 11) is 1.10. The number of carboxylic acid groups (broad SMARTS) is 1. The molecule has 88 valence electrons. The number of nitrogens with zero attached hydrogens (tertiary/aromatic N) is 2. The zero-order chi connectivity index (χ0) is 12.7. The zero-order valence-corrected chi connectivity index (χ0v) is 8.63. The first-order chi connectivity index (χ1) is 7.18. The topological polar surface area (TPSA) is 115 Å². The lowest BCUT2D eigenvalue weighted by Gasteiger charge is -2.22. The standard InChI is InChI=1S/C8H10N2O6/c1-8(16,6(13)14)3-10-5(12)4(11)9(2)7(10)15/h16H,3H2,1-2H3,(H,13,14). The van der Waals surface area contributed by atoms with Crippen LogP contribution in [0.4, 0.5) is 4.79 Å². The van der Waals surface area contributed by atoms with E-state index in [1.807, 2.05) is 0 Å². The number of hydrogen-bond donors (Lipinski definition) is 2. The Morgan fingerprint density at radius 2 is 1.81 bits per heavy atom. The molecule has 0 saturated carbocycles. The van der Waals surface area contributed by atoms with Gasteiger partial charge in [-0.05, 0) is 6.92 Å². The van der Waals surface area contributed by atoms with Gasteiger partial charge in [0.2, 0.25) is 0 Å². The fourth-order valence-electron chi connectivity index (χ4n) is 1.13. The molecule has 0 aliphatic carbocycles. The summed E-state index contributed by atoms with van der Waals surface area (Å²) in [4.78, 5) is 45.2. The highest BCUT2D eigenvalue weighted by molar-refractivity contribution is 6.44. The van der Waals surface area contributed by atoms with Crippen LogP contribution in [-0.4, -0.2) is 63.0 Å². The van der Waals surface area contributed by atoms with Gasteiger partial charge in [-0.3, -0.25) is 19.4 Å². The number of carboxylic acids is 1. The molecule has 1 aliphatic heterocycles. The number of likely N-dealkylation sites (N-methyl/N-ethyl adjacent to an activating group) is 1. The van der Waals surface area contributed by atoms with E-state index in [4.69, 9.17) is 5.11 Å². The molecule has 1 aliphatic rings. The molecule has 1 atom stereocenters. The predicted molar refractivity (Wildman–Crippen MR) is 48.1 cm³/mol. The van der Waals surface area contributed by atoms with Gasteiger partial charge < -0.3 is 10.2 Å². The number of carbonyl (C=O) groups is 4. The Morgan fingerprint density at radius 3 is 2.12 bits per heavy atom. The van der Waals surface area contributed by atoms with Gasteiger partial charge in [0.05, 0.1) is 6.54 Å². The molecule has 8 heteroatoms. The molecule has 0 bridgehead atoms. The van der Waals surface area contributed by atoms with Crippen molar-refractivity contribution in [3.63, 3.8) is 0 Å². The lowest BCUT2D eigenvalue weighted by atomic mass is 10.1. The van der Waals surface area contributed by atoms with E-state index < -0.39 is 36.0 Å². The summed E-state index contributed by atoms with van der Waals surface area (Å²) in [6.07, 6.45) is 0. The number of carbonyl (C=O) groups excluding carboxylic acids is 3. The van der Waals surface area contributed by atoms with Gasteiger partial charge in [-0.25, -0.2) is 9.59 Å². The van der Waals surface area contributed by atoms with Crippen LogP contribution in [0.25, 0.3) is 0 Å². The first-order valence-corrected chi connectivity index (χ1v) is 4.28. The molecule has 1 fully saturated rings. The lowest BCUT2D eigenvalue weighted by Crippen LogP contribution is -2.49. The largest absolute Gasteiger partial charge is 0.479 e. The summed E-state index contributed by atoms with van der Waals surface area (Å²) < 4.78 is 0. The Kier molecular flexibility index (Phi) is 2.70. The molecule has 1 saturated heterocycles. The first-order valence-electron chi connectivity index (χ1n) is 4.28. The summed E-state index contributed by atoms with van der Waals surface area (Å²) in [6, 6.07) is -0.948. The summed E-state index contributed by atoms with van der Waals surface area (Å²) >= 11 is 0. The maximum absolute atomic E-state index is 11.3. The highest BCUT2D eigenvalue weighted by Crippen LogP contribution is 2.14. The summed E-state index contributed by atoms with van der Waals surface area (Å²) in [5.74, 6) is -3.78. The maximum atomic E-state index is 11.3. The van der Waals surface area contributed by atoms with Crippen molar-refractivity contribution in [1.29, 1.82) is 0 Å². The van der Waals surface area contributed by atoms with E-state index in [2.05, 4.69) is 0 Å². The van der Waals surface area contributed by atoms with Gasteiger partial charge in [0.25, 0.3) is 0 Å². The Labute approximate surface area is 90.0 Å². The molecular weight excluding hydrogens is 220 g/mol. The second kappa shape index (κ2) is 3.56. The molecule has 1 unspecified atom stereocenters. The van der Waals surface area contributed by atoms with Crippen molar-refractivity contribution in [2.24, 2.45) is 0 Å². The van der Waals surface area contributed by atoms with E-state index in [0.29, 0.717) is 9.80 Å². The molecule has 0 radical (unpaired) electrons. The molecule has 0 spiro atoms. The van der Waals surface area contributed by atoms with Gasteiger partial charge >= 0.3 is 23.8 Å². The van der Waals surface area contributed by atoms with E-state index in [0.717, 1.165) is 14.0 Å². The minimum Gasteiger partial charge on any atom is -0.479 e. The fraction of sp³-hybridized carbons (Fsp3) is 0.500. The Balaban J connectivity index is 2.92. The molecule has 1 heterocycles. The smallest absolute Gasteiger partial charge is 0.337 e. The number of imide groups is 2. The van der Waals surface area contributed by atoms with Crippen LogP contribution < -0.4 is 0 Å². The maximum Gasteiger partial charge on any atom is 0.337 e. The molecule has 4 amide bonds. The van der Waals surface area contributed by atoms with Crippen molar-refractivity contribution in [3.8, 4) is 0 Å². The number of aliphatic carboxylic acids is 1. The fourth-order valence-corrected chi connectivity index (χ4v) is 1.13. The molecule has 16 heavy (non-hydrogen) atoms. The molecule has 2 N–H and O–H groups in total. The third-order valence-electron chi connectivity index (χ3n) is 2.18. The number of rotatable bonds is 3. The molecule has 1 rings (SSSR count). The van der Waals surface area contributed by atoms with Crippen molar-refractivity contribution in [2.75, 3.05) is 13.6 Å². The quantitative estimate of drug-likeness (QED) is 0.438. The lowest BCUT2D eigenvalue weighted by molar-refractivity contribution is -0.159. The second-order valence-corrected chi connectivity index (χ2v) is 3.62. The third-order valence-corrected chi connectivity index (χ3v) is 2.18. The summed E-state index contributed by atoms with van der Waals surface area (Å²) in [5.41, 5.74) is -2.28.